The molecule has 0 saturated heterocycles. The van der Waals surface area contributed by atoms with Gasteiger partial charge >= 0.3 is 0 Å². The summed E-state index contributed by atoms with van der Waals surface area (Å²) >= 11 is 0. The number of allylic oxidation sites excluding steroid dienone is 4. The number of carbonyl (C=O) groups excluding carboxylic acids is 1. The zero-order valence-electron chi connectivity index (χ0n) is 10.6. The second kappa shape index (κ2) is 5.37. The molecule has 90 valence electrons. The van der Waals surface area contributed by atoms with Crippen molar-refractivity contribution < 1.29 is 4.79 Å². The summed E-state index contributed by atoms with van der Waals surface area (Å²) in [5.74, 6) is 6.18. The van der Waals surface area contributed by atoms with E-state index in [1.54, 1.807) is 0 Å². The van der Waals surface area contributed by atoms with Gasteiger partial charge in [0.05, 0.1) is 5.69 Å². The van der Waals surface area contributed by atoms with Crippen LogP contribution in [0.5, 0.6) is 0 Å². The third-order valence-corrected chi connectivity index (χ3v) is 2.61. The van der Waals surface area contributed by atoms with Crippen molar-refractivity contribution in [1.82, 2.24) is 0 Å². The molecule has 0 bridgehead atoms. The van der Waals surface area contributed by atoms with Gasteiger partial charge in [-0.05, 0) is 31.0 Å². The number of nitrogens with one attached hydrogen (secondary N) is 1. The highest BCUT2D eigenvalue weighted by Crippen LogP contribution is 2.17. The Labute approximate surface area is 107 Å². The average molecular weight is 237 g/mol. The molecule has 0 radical (unpaired) electrons. The molecule has 1 aliphatic rings. The van der Waals surface area contributed by atoms with E-state index in [-0.39, 0.29) is 5.91 Å². The van der Waals surface area contributed by atoms with Crippen molar-refractivity contribution in [3.05, 3.63) is 53.1 Å². The molecule has 0 fully saturated rings. The number of rotatable bonds is 1. The third kappa shape index (κ3) is 3.11. The van der Waals surface area contributed by atoms with E-state index in [0.29, 0.717) is 0 Å². The first-order valence-corrected chi connectivity index (χ1v) is 5.91. The van der Waals surface area contributed by atoms with Crippen LogP contribution in [0.1, 0.15) is 24.5 Å². The third-order valence-electron chi connectivity index (χ3n) is 2.61. The SMILES string of the molecule is CC(=O)Nc1ccc(C)cc1C#CC1=CC=CC1. The Hall–Kier alpha value is -2.27. The normalized spacial score (nSPS) is 12.7. The van der Waals surface area contributed by atoms with Crippen LogP contribution in [0.4, 0.5) is 5.69 Å². The summed E-state index contributed by atoms with van der Waals surface area (Å²) in [7, 11) is 0. The van der Waals surface area contributed by atoms with Gasteiger partial charge in [0.25, 0.3) is 0 Å². The van der Waals surface area contributed by atoms with E-state index in [9.17, 15) is 4.79 Å². The van der Waals surface area contributed by atoms with Crippen molar-refractivity contribution in [2.75, 3.05) is 5.32 Å². The van der Waals surface area contributed by atoms with E-state index in [2.05, 4.69) is 23.2 Å². The van der Waals surface area contributed by atoms with Gasteiger partial charge in [-0.3, -0.25) is 4.79 Å². The Morgan fingerprint density at radius 2 is 2.17 bits per heavy atom. The summed E-state index contributed by atoms with van der Waals surface area (Å²) in [4.78, 5) is 11.1. The van der Waals surface area contributed by atoms with Gasteiger partial charge in [-0.25, -0.2) is 0 Å². The van der Waals surface area contributed by atoms with E-state index in [1.807, 2.05) is 37.3 Å². The van der Waals surface area contributed by atoms with Crippen LogP contribution in [0.3, 0.4) is 0 Å². The van der Waals surface area contributed by atoms with Crippen LogP contribution in [-0.2, 0) is 4.79 Å². The lowest BCUT2D eigenvalue weighted by Gasteiger charge is -2.05. The van der Waals surface area contributed by atoms with Crippen LogP contribution in [0, 0.1) is 18.8 Å². The van der Waals surface area contributed by atoms with E-state index in [4.69, 9.17) is 0 Å². The summed E-state index contributed by atoms with van der Waals surface area (Å²) in [6.07, 6.45) is 7.00. The van der Waals surface area contributed by atoms with Gasteiger partial charge in [-0.15, -0.1) is 0 Å². The highest BCUT2D eigenvalue weighted by Gasteiger charge is 2.02. The first-order valence-electron chi connectivity index (χ1n) is 5.91. The lowest BCUT2D eigenvalue weighted by atomic mass is 10.1. The molecule has 1 aliphatic carbocycles. The highest BCUT2D eigenvalue weighted by atomic mass is 16.1. The molecule has 0 spiro atoms. The Morgan fingerprint density at radius 3 is 2.83 bits per heavy atom. The fourth-order valence-corrected chi connectivity index (χ4v) is 1.75. The number of amides is 1. The molecule has 18 heavy (non-hydrogen) atoms. The lowest BCUT2D eigenvalue weighted by molar-refractivity contribution is -0.114. The number of carbonyl (C=O) groups is 1. The van der Waals surface area contributed by atoms with Crippen molar-refractivity contribution in [2.45, 2.75) is 20.3 Å². The summed E-state index contributed by atoms with van der Waals surface area (Å²) in [5, 5.41) is 2.80. The van der Waals surface area contributed by atoms with Gasteiger partial charge < -0.3 is 5.32 Å². The zero-order valence-corrected chi connectivity index (χ0v) is 10.6. The maximum atomic E-state index is 11.1. The largest absolute Gasteiger partial charge is 0.325 e. The molecule has 0 atom stereocenters. The topological polar surface area (TPSA) is 29.1 Å². The van der Waals surface area contributed by atoms with Gasteiger partial charge in [0.1, 0.15) is 0 Å². The fourth-order valence-electron chi connectivity index (χ4n) is 1.75. The maximum absolute atomic E-state index is 11.1. The predicted molar refractivity (Wildman–Crippen MR) is 74.2 cm³/mol. The summed E-state index contributed by atoms with van der Waals surface area (Å²) in [6.45, 7) is 3.51. The molecule has 0 unspecified atom stereocenters. The van der Waals surface area contributed by atoms with Gasteiger partial charge in [-0.2, -0.15) is 0 Å². The highest BCUT2D eigenvalue weighted by molar-refractivity contribution is 5.90. The van der Waals surface area contributed by atoms with Crippen molar-refractivity contribution in [1.29, 1.82) is 0 Å². The van der Waals surface area contributed by atoms with E-state index < -0.39 is 0 Å². The van der Waals surface area contributed by atoms with E-state index in [0.717, 1.165) is 28.8 Å². The quantitative estimate of drug-likeness (QED) is 0.747. The molecule has 1 N–H and O–H groups in total. The number of hydrogen-bond acceptors (Lipinski definition) is 1. The van der Waals surface area contributed by atoms with Gasteiger partial charge in [-0.1, -0.05) is 36.1 Å². The van der Waals surface area contributed by atoms with Crippen LogP contribution in [-0.4, -0.2) is 5.91 Å². The molecule has 0 aromatic heterocycles. The summed E-state index contributed by atoms with van der Waals surface area (Å²) in [6, 6.07) is 5.84. The van der Waals surface area contributed by atoms with Crippen molar-refractivity contribution in [3.8, 4) is 11.8 Å². The number of aryl methyl sites for hydroxylation is 1. The second-order valence-electron chi connectivity index (χ2n) is 4.30. The molecule has 2 rings (SSSR count). The predicted octanol–water partition coefficient (Wildman–Crippen LogP) is 3.19. The van der Waals surface area contributed by atoms with Gasteiger partial charge in [0.2, 0.25) is 5.91 Å². The minimum Gasteiger partial charge on any atom is -0.325 e. The Kier molecular flexibility index (Phi) is 3.64. The minimum atomic E-state index is -0.0800. The van der Waals surface area contributed by atoms with Crippen LogP contribution < -0.4 is 5.32 Å². The summed E-state index contributed by atoms with van der Waals surface area (Å²) < 4.78 is 0. The Balaban J connectivity index is 2.29. The molecule has 0 aliphatic heterocycles. The monoisotopic (exact) mass is 237 g/mol. The zero-order chi connectivity index (χ0) is 13.0. The van der Waals surface area contributed by atoms with Crippen molar-refractivity contribution in [2.24, 2.45) is 0 Å². The molecule has 2 heteroatoms. The van der Waals surface area contributed by atoms with Crippen LogP contribution in [0.2, 0.25) is 0 Å². The van der Waals surface area contributed by atoms with Gasteiger partial charge in [0, 0.05) is 18.1 Å². The molecule has 0 heterocycles. The number of benzene rings is 1. The smallest absolute Gasteiger partial charge is 0.221 e. The molecular formula is C16H15NO. The summed E-state index contributed by atoms with van der Waals surface area (Å²) in [5.41, 5.74) is 3.86. The molecule has 1 aromatic rings. The van der Waals surface area contributed by atoms with Gasteiger partial charge in [0.15, 0.2) is 0 Å². The van der Waals surface area contributed by atoms with Crippen LogP contribution in [0.15, 0.2) is 42.0 Å². The fraction of sp³-hybridized carbons (Fsp3) is 0.188. The van der Waals surface area contributed by atoms with E-state index >= 15 is 0 Å². The van der Waals surface area contributed by atoms with Crippen molar-refractivity contribution in [3.63, 3.8) is 0 Å². The molecule has 0 saturated carbocycles. The second-order valence-corrected chi connectivity index (χ2v) is 4.30. The van der Waals surface area contributed by atoms with E-state index in [1.165, 1.54) is 6.92 Å². The first-order chi connectivity index (χ1) is 8.65. The van der Waals surface area contributed by atoms with Crippen LogP contribution >= 0.6 is 0 Å². The average Bonchev–Trinajstić information content (AvgIpc) is 2.82. The molecule has 2 nitrogen and oxygen atoms in total. The minimum absolute atomic E-state index is 0.0800. The van der Waals surface area contributed by atoms with Crippen LogP contribution in [0.25, 0.3) is 0 Å². The maximum Gasteiger partial charge on any atom is 0.221 e. The molecule has 1 aromatic carbocycles. The Morgan fingerprint density at radius 1 is 1.33 bits per heavy atom. The first kappa shape index (κ1) is 12.2. The number of anilines is 1. The van der Waals surface area contributed by atoms with Crippen molar-refractivity contribution >= 4 is 11.6 Å². The lowest BCUT2D eigenvalue weighted by Crippen LogP contribution is -2.07. The standard InChI is InChI=1S/C16H15NO/c1-12-7-10-16(17-13(2)18)15(11-12)9-8-14-5-3-4-6-14/h3-5,7,10-11H,6H2,1-2H3,(H,17,18). The number of hydrogen-bond donors (Lipinski definition) is 1. The molecule has 1 amide bonds. The molecular weight excluding hydrogens is 222 g/mol. The Bertz CT molecular complexity index is 597.